The van der Waals surface area contributed by atoms with Gasteiger partial charge in [-0.3, -0.25) is 9.78 Å². The number of hydrogen-bond acceptors (Lipinski definition) is 3. The van der Waals surface area contributed by atoms with Crippen molar-refractivity contribution in [2.45, 2.75) is 6.42 Å². The van der Waals surface area contributed by atoms with Crippen molar-refractivity contribution in [1.29, 1.82) is 0 Å². The van der Waals surface area contributed by atoms with Crippen molar-refractivity contribution in [3.63, 3.8) is 0 Å². The molecule has 3 rings (SSSR count). The van der Waals surface area contributed by atoms with E-state index in [1.54, 1.807) is 42.7 Å². The molecule has 4 heteroatoms. The fourth-order valence-electron chi connectivity index (χ4n) is 2.07. The molecule has 0 aliphatic heterocycles. The molecular formula is C17H12FNOS. The van der Waals surface area contributed by atoms with Gasteiger partial charge in [0.25, 0.3) is 0 Å². The minimum absolute atomic E-state index is 0.0359. The largest absolute Gasteiger partial charge is 0.293 e. The zero-order valence-corrected chi connectivity index (χ0v) is 11.9. The number of carbonyl (C=O) groups excluding carboxylic acids is 1. The Labute approximate surface area is 125 Å². The lowest BCUT2D eigenvalue weighted by Gasteiger charge is -1.99. The molecule has 0 saturated carbocycles. The molecular weight excluding hydrogens is 285 g/mol. The van der Waals surface area contributed by atoms with Gasteiger partial charge in [0.2, 0.25) is 0 Å². The third-order valence-corrected chi connectivity index (χ3v) is 4.29. The minimum Gasteiger partial charge on any atom is -0.293 e. The van der Waals surface area contributed by atoms with Gasteiger partial charge in [-0.2, -0.15) is 0 Å². The lowest BCUT2D eigenvalue weighted by atomic mass is 10.1. The second-order valence-electron chi connectivity index (χ2n) is 4.60. The molecule has 0 atom stereocenters. The average Bonchev–Trinajstić information content (AvgIpc) is 2.98. The maximum Gasteiger partial charge on any atom is 0.177 e. The highest BCUT2D eigenvalue weighted by molar-refractivity contribution is 7.17. The summed E-state index contributed by atoms with van der Waals surface area (Å²) in [6.07, 6.45) is 3.67. The van der Waals surface area contributed by atoms with Crippen molar-refractivity contribution in [1.82, 2.24) is 4.98 Å². The van der Waals surface area contributed by atoms with Gasteiger partial charge >= 0.3 is 0 Å². The SMILES string of the molecule is O=C(Cc1ccncc1)c1ccc(-c2ccccc2F)s1. The summed E-state index contributed by atoms with van der Waals surface area (Å²) in [5.74, 6) is -0.235. The van der Waals surface area contributed by atoms with E-state index in [-0.39, 0.29) is 11.6 Å². The van der Waals surface area contributed by atoms with Gasteiger partial charge in [-0.25, -0.2) is 4.39 Å². The lowest BCUT2D eigenvalue weighted by molar-refractivity contribution is 0.0997. The van der Waals surface area contributed by atoms with Gasteiger partial charge in [-0.05, 0) is 35.9 Å². The number of halogens is 1. The minimum atomic E-state index is -0.271. The van der Waals surface area contributed by atoms with E-state index in [1.807, 2.05) is 12.1 Å². The van der Waals surface area contributed by atoms with Gasteiger partial charge in [0.1, 0.15) is 5.82 Å². The predicted molar refractivity (Wildman–Crippen MR) is 82.0 cm³/mol. The number of ketones is 1. The van der Waals surface area contributed by atoms with Crippen LogP contribution in [0.1, 0.15) is 15.2 Å². The number of rotatable bonds is 4. The standard InChI is InChI=1S/C17H12FNOS/c18-14-4-2-1-3-13(14)16-5-6-17(21-16)15(20)11-12-7-9-19-10-8-12/h1-10H,11H2. The van der Waals surface area contributed by atoms with E-state index in [0.29, 0.717) is 16.9 Å². The summed E-state index contributed by atoms with van der Waals surface area (Å²) >= 11 is 1.32. The molecule has 0 saturated heterocycles. The van der Waals surface area contributed by atoms with Crippen LogP contribution in [0.5, 0.6) is 0 Å². The van der Waals surface area contributed by atoms with Crippen molar-refractivity contribution < 1.29 is 9.18 Å². The van der Waals surface area contributed by atoms with Crippen LogP contribution in [0.25, 0.3) is 10.4 Å². The molecule has 104 valence electrons. The van der Waals surface area contributed by atoms with Gasteiger partial charge in [0, 0.05) is 29.3 Å². The fourth-order valence-corrected chi connectivity index (χ4v) is 3.04. The number of nitrogens with zero attached hydrogens (tertiary/aromatic N) is 1. The Bertz CT molecular complexity index is 767. The number of benzene rings is 1. The van der Waals surface area contributed by atoms with E-state index in [9.17, 15) is 9.18 Å². The van der Waals surface area contributed by atoms with E-state index < -0.39 is 0 Å². The fraction of sp³-hybridized carbons (Fsp3) is 0.0588. The molecule has 0 aliphatic rings. The van der Waals surface area contributed by atoms with Crippen LogP contribution < -0.4 is 0 Å². The molecule has 3 aromatic rings. The average molecular weight is 297 g/mol. The summed E-state index contributed by atoms with van der Waals surface area (Å²) < 4.78 is 13.7. The van der Waals surface area contributed by atoms with Crippen molar-refractivity contribution >= 4 is 17.1 Å². The molecule has 0 unspecified atom stereocenters. The van der Waals surface area contributed by atoms with Gasteiger partial charge in [-0.15, -0.1) is 11.3 Å². The topological polar surface area (TPSA) is 30.0 Å². The first-order valence-corrected chi connectivity index (χ1v) is 7.32. The van der Waals surface area contributed by atoms with E-state index >= 15 is 0 Å². The maximum absolute atomic E-state index is 13.7. The molecule has 0 bridgehead atoms. The summed E-state index contributed by atoms with van der Waals surface area (Å²) in [6.45, 7) is 0. The first-order chi connectivity index (χ1) is 10.2. The summed E-state index contributed by atoms with van der Waals surface area (Å²) in [5.41, 5.74) is 1.46. The second-order valence-corrected chi connectivity index (χ2v) is 5.68. The molecule has 0 aliphatic carbocycles. The summed E-state index contributed by atoms with van der Waals surface area (Å²) in [7, 11) is 0. The number of Topliss-reactive ketones (excluding diaryl/α,β-unsaturated/α-hetero) is 1. The Morgan fingerprint density at radius 1 is 1.05 bits per heavy atom. The normalized spacial score (nSPS) is 10.5. The maximum atomic E-state index is 13.7. The zero-order valence-electron chi connectivity index (χ0n) is 11.1. The Morgan fingerprint density at radius 2 is 1.81 bits per heavy atom. The Balaban J connectivity index is 1.82. The Kier molecular flexibility index (Phi) is 3.88. The van der Waals surface area contributed by atoms with Crippen LogP contribution in [0.3, 0.4) is 0 Å². The van der Waals surface area contributed by atoms with Gasteiger partial charge < -0.3 is 0 Å². The van der Waals surface area contributed by atoms with Crippen LogP contribution in [0.15, 0.2) is 60.9 Å². The molecule has 1 aromatic carbocycles. The molecule has 21 heavy (non-hydrogen) atoms. The van der Waals surface area contributed by atoms with Crippen LogP contribution in [0.4, 0.5) is 4.39 Å². The van der Waals surface area contributed by atoms with Crippen molar-refractivity contribution in [3.8, 4) is 10.4 Å². The Morgan fingerprint density at radius 3 is 2.57 bits per heavy atom. The van der Waals surface area contributed by atoms with Gasteiger partial charge in [-0.1, -0.05) is 18.2 Å². The number of thiophene rings is 1. The number of pyridine rings is 1. The van der Waals surface area contributed by atoms with E-state index in [2.05, 4.69) is 4.98 Å². The molecule has 0 N–H and O–H groups in total. The zero-order chi connectivity index (χ0) is 14.7. The second kappa shape index (κ2) is 5.97. The highest BCUT2D eigenvalue weighted by atomic mass is 32.1. The number of hydrogen-bond donors (Lipinski definition) is 0. The highest BCUT2D eigenvalue weighted by Crippen LogP contribution is 2.30. The number of aromatic nitrogens is 1. The third-order valence-electron chi connectivity index (χ3n) is 3.13. The van der Waals surface area contributed by atoms with Crippen LogP contribution >= 0.6 is 11.3 Å². The van der Waals surface area contributed by atoms with Gasteiger partial charge in [0.15, 0.2) is 5.78 Å². The first-order valence-electron chi connectivity index (χ1n) is 6.51. The quantitative estimate of drug-likeness (QED) is 0.669. The van der Waals surface area contributed by atoms with E-state index in [4.69, 9.17) is 0 Å². The van der Waals surface area contributed by atoms with Crippen LogP contribution in [0, 0.1) is 5.82 Å². The molecule has 0 spiro atoms. The predicted octanol–water partition coefficient (Wildman–Crippen LogP) is 4.37. The van der Waals surface area contributed by atoms with Crippen molar-refractivity contribution in [3.05, 3.63) is 77.2 Å². The van der Waals surface area contributed by atoms with Crippen LogP contribution in [-0.4, -0.2) is 10.8 Å². The lowest BCUT2D eigenvalue weighted by Crippen LogP contribution is -2.00. The van der Waals surface area contributed by atoms with Crippen LogP contribution in [0.2, 0.25) is 0 Å². The molecule has 0 fully saturated rings. The summed E-state index contributed by atoms with van der Waals surface area (Å²) in [5, 5.41) is 0. The monoisotopic (exact) mass is 297 g/mol. The van der Waals surface area contributed by atoms with E-state index in [1.165, 1.54) is 17.4 Å². The van der Waals surface area contributed by atoms with Crippen LogP contribution in [-0.2, 0) is 6.42 Å². The van der Waals surface area contributed by atoms with E-state index in [0.717, 1.165) is 10.4 Å². The Hall–Kier alpha value is -2.33. The molecule has 2 heterocycles. The molecule has 2 aromatic heterocycles. The van der Waals surface area contributed by atoms with Crippen molar-refractivity contribution in [2.24, 2.45) is 0 Å². The molecule has 0 radical (unpaired) electrons. The summed E-state index contributed by atoms with van der Waals surface area (Å²) in [6, 6.07) is 13.8. The number of carbonyl (C=O) groups is 1. The first kappa shape index (κ1) is 13.6. The van der Waals surface area contributed by atoms with Gasteiger partial charge in [0.05, 0.1) is 4.88 Å². The molecule has 2 nitrogen and oxygen atoms in total. The smallest absolute Gasteiger partial charge is 0.177 e. The third kappa shape index (κ3) is 3.06. The molecule has 0 amide bonds. The highest BCUT2D eigenvalue weighted by Gasteiger charge is 2.12. The summed E-state index contributed by atoms with van der Waals surface area (Å²) in [4.78, 5) is 17.6. The van der Waals surface area contributed by atoms with Crippen molar-refractivity contribution in [2.75, 3.05) is 0 Å².